The van der Waals surface area contributed by atoms with Crippen molar-refractivity contribution in [3.8, 4) is 11.4 Å². The molecule has 150 valence electrons. The Labute approximate surface area is 177 Å². The summed E-state index contributed by atoms with van der Waals surface area (Å²) in [6, 6.07) is 15.5. The van der Waals surface area contributed by atoms with Gasteiger partial charge < -0.3 is 4.90 Å². The molecule has 0 N–H and O–H groups in total. The van der Waals surface area contributed by atoms with Crippen LogP contribution < -0.4 is 15.0 Å². The third kappa shape index (κ3) is 2.85. The van der Waals surface area contributed by atoms with Crippen LogP contribution in [0.25, 0.3) is 21.9 Å². The quantitative estimate of drug-likeness (QED) is 0.512. The Morgan fingerprint density at radius 1 is 1.03 bits per heavy atom. The minimum atomic E-state index is -0.295. The molecule has 0 saturated carbocycles. The number of benzene rings is 2. The number of hydrogen-bond donors (Lipinski definition) is 0. The summed E-state index contributed by atoms with van der Waals surface area (Å²) >= 11 is 1.23. The maximum atomic E-state index is 13.2. The number of nitrogens with zero attached hydrogens (tertiary/aromatic N) is 4. The predicted octanol–water partition coefficient (Wildman–Crippen LogP) is 3.19. The fraction of sp³-hybridized carbons (Fsp3) is 0.217. The molecular weight excluding hydrogens is 396 g/mol. The fourth-order valence-electron chi connectivity index (χ4n) is 3.75. The zero-order valence-electron chi connectivity index (χ0n) is 16.8. The normalized spacial score (nSPS) is 15.3. The number of thiazole rings is 1. The van der Waals surface area contributed by atoms with Crippen LogP contribution in [-0.4, -0.2) is 27.0 Å². The fourth-order valence-corrected chi connectivity index (χ4v) is 4.75. The topological polar surface area (TPSA) is 67.6 Å². The molecule has 3 heterocycles. The third-order valence-corrected chi connectivity index (χ3v) is 6.38. The lowest BCUT2D eigenvalue weighted by molar-refractivity contribution is -0.113. The van der Waals surface area contributed by atoms with Gasteiger partial charge in [0.05, 0.1) is 11.3 Å². The largest absolute Gasteiger partial charge is 0.308 e. The Bertz CT molecular complexity index is 1390. The molecule has 0 fully saturated rings. The van der Waals surface area contributed by atoms with Crippen molar-refractivity contribution in [3.05, 3.63) is 74.5 Å². The van der Waals surface area contributed by atoms with Gasteiger partial charge in [-0.25, -0.2) is 0 Å². The molecule has 1 aliphatic rings. The number of aromatic nitrogens is 3. The van der Waals surface area contributed by atoms with Gasteiger partial charge in [0.15, 0.2) is 5.82 Å². The molecule has 0 unspecified atom stereocenters. The number of para-hydroxylation sites is 1. The van der Waals surface area contributed by atoms with Crippen molar-refractivity contribution < 1.29 is 4.79 Å². The first-order valence-corrected chi connectivity index (χ1v) is 10.8. The van der Waals surface area contributed by atoms with Crippen molar-refractivity contribution >= 4 is 33.5 Å². The minimum Gasteiger partial charge on any atom is -0.308 e. The highest BCUT2D eigenvalue weighted by atomic mass is 32.1. The van der Waals surface area contributed by atoms with Crippen LogP contribution in [0.5, 0.6) is 0 Å². The number of anilines is 1. The summed E-state index contributed by atoms with van der Waals surface area (Å²) in [6.45, 7) is 4.75. The molecule has 0 aliphatic carbocycles. The molecule has 30 heavy (non-hydrogen) atoms. The summed E-state index contributed by atoms with van der Waals surface area (Å²) in [7, 11) is 0. The highest BCUT2D eigenvalue weighted by Gasteiger charge is 2.33. The Hall–Kier alpha value is -3.32. The van der Waals surface area contributed by atoms with E-state index in [9.17, 15) is 9.59 Å². The average molecular weight is 417 g/mol. The van der Waals surface area contributed by atoms with E-state index in [1.165, 1.54) is 15.9 Å². The van der Waals surface area contributed by atoms with Gasteiger partial charge in [-0.1, -0.05) is 72.7 Å². The molecule has 0 spiro atoms. The summed E-state index contributed by atoms with van der Waals surface area (Å²) in [4.78, 5) is 33.2. The van der Waals surface area contributed by atoms with E-state index in [1.807, 2.05) is 55.5 Å². The number of aryl methyl sites for hydroxylation is 1. The van der Waals surface area contributed by atoms with Crippen LogP contribution in [0.4, 0.5) is 5.69 Å². The average Bonchev–Trinajstić information content (AvgIpc) is 3.38. The van der Waals surface area contributed by atoms with Crippen molar-refractivity contribution in [3.63, 3.8) is 0 Å². The van der Waals surface area contributed by atoms with Crippen molar-refractivity contribution in [2.45, 2.75) is 26.7 Å². The number of fused-ring (bicyclic) bond motifs is 2. The van der Waals surface area contributed by atoms with Gasteiger partial charge in [0, 0.05) is 17.7 Å². The first-order chi connectivity index (χ1) is 14.6. The standard InChI is InChI=1S/C23H20N4O2S/c1-3-4-13-26-17-8-6-5-7-16(17)18(21(26)28)19-22(29)27-23(30-19)24-20(25-27)15-11-9-14(2)10-12-15/h5-12H,3-4,13H2,1-2H3/b19-18-. The van der Waals surface area contributed by atoms with Gasteiger partial charge in [-0.15, -0.1) is 5.10 Å². The Kier molecular flexibility index (Phi) is 4.47. The Morgan fingerprint density at radius 2 is 1.80 bits per heavy atom. The van der Waals surface area contributed by atoms with Crippen LogP contribution in [0.2, 0.25) is 0 Å². The smallest absolute Gasteiger partial charge is 0.291 e. The van der Waals surface area contributed by atoms with E-state index in [2.05, 4.69) is 17.0 Å². The second kappa shape index (κ2) is 7.18. The highest BCUT2D eigenvalue weighted by molar-refractivity contribution is 7.15. The summed E-state index contributed by atoms with van der Waals surface area (Å²) in [6.07, 6.45) is 1.90. The monoisotopic (exact) mass is 416 g/mol. The Morgan fingerprint density at radius 3 is 2.53 bits per heavy atom. The van der Waals surface area contributed by atoms with Gasteiger partial charge in [-0.05, 0) is 19.4 Å². The van der Waals surface area contributed by atoms with E-state index >= 15 is 0 Å². The van der Waals surface area contributed by atoms with Crippen LogP contribution in [-0.2, 0) is 4.79 Å². The molecule has 1 aliphatic heterocycles. The van der Waals surface area contributed by atoms with Crippen molar-refractivity contribution in [1.29, 1.82) is 0 Å². The van der Waals surface area contributed by atoms with Gasteiger partial charge in [0.25, 0.3) is 11.5 Å². The molecule has 6 nitrogen and oxygen atoms in total. The summed E-state index contributed by atoms with van der Waals surface area (Å²) in [5.74, 6) is 0.391. The van der Waals surface area contributed by atoms with E-state index in [-0.39, 0.29) is 11.5 Å². The molecule has 4 aromatic rings. The molecule has 0 atom stereocenters. The maximum absolute atomic E-state index is 13.2. The van der Waals surface area contributed by atoms with E-state index in [0.717, 1.165) is 35.2 Å². The van der Waals surface area contributed by atoms with Crippen molar-refractivity contribution in [2.24, 2.45) is 0 Å². The molecule has 2 aromatic heterocycles. The predicted molar refractivity (Wildman–Crippen MR) is 119 cm³/mol. The molecule has 7 heteroatoms. The van der Waals surface area contributed by atoms with Crippen LogP contribution in [0, 0.1) is 6.92 Å². The molecule has 0 radical (unpaired) electrons. The molecule has 5 rings (SSSR count). The lowest BCUT2D eigenvalue weighted by Crippen LogP contribution is -2.33. The number of rotatable bonds is 4. The molecule has 2 aromatic carbocycles. The number of hydrogen-bond acceptors (Lipinski definition) is 5. The van der Waals surface area contributed by atoms with Crippen LogP contribution in [0.3, 0.4) is 0 Å². The number of unbranched alkanes of at least 4 members (excludes halogenated alkanes) is 1. The molecular formula is C23H20N4O2S. The Balaban J connectivity index is 1.68. The van der Waals surface area contributed by atoms with Crippen LogP contribution in [0.1, 0.15) is 30.9 Å². The molecule has 0 bridgehead atoms. The van der Waals surface area contributed by atoms with Crippen LogP contribution in [0.15, 0.2) is 53.3 Å². The van der Waals surface area contributed by atoms with Gasteiger partial charge in [0.1, 0.15) is 4.53 Å². The second-order valence-electron chi connectivity index (χ2n) is 7.43. The number of carbonyl (C=O) groups excluding carboxylic acids is 1. The van der Waals surface area contributed by atoms with E-state index in [1.54, 1.807) is 4.90 Å². The van der Waals surface area contributed by atoms with E-state index in [0.29, 0.717) is 27.4 Å². The SMILES string of the molecule is CCCCN1C(=O)/C(=c2\sc3nc(-c4ccc(C)cc4)nn3c2=O)c2ccccc21. The highest BCUT2D eigenvalue weighted by Crippen LogP contribution is 2.35. The summed E-state index contributed by atoms with van der Waals surface area (Å²) in [5, 5.41) is 4.42. The van der Waals surface area contributed by atoms with Crippen LogP contribution >= 0.6 is 11.3 Å². The van der Waals surface area contributed by atoms with E-state index in [4.69, 9.17) is 0 Å². The van der Waals surface area contributed by atoms with E-state index < -0.39 is 0 Å². The first kappa shape index (κ1) is 18.7. The zero-order chi connectivity index (χ0) is 20.8. The van der Waals surface area contributed by atoms with Gasteiger partial charge in [0.2, 0.25) is 4.96 Å². The van der Waals surface area contributed by atoms with Gasteiger partial charge in [-0.3, -0.25) is 9.59 Å². The zero-order valence-corrected chi connectivity index (χ0v) is 17.6. The second-order valence-corrected chi connectivity index (χ2v) is 8.41. The number of amides is 1. The molecule has 0 saturated heterocycles. The first-order valence-electron chi connectivity index (χ1n) is 10.0. The summed E-state index contributed by atoms with van der Waals surface area (Å²) < 4.78 is 1.71. The van der Waals surface area contributed by atoms with Crippen molar-refractivity contribution in [2.75, 3.05) is 11.4 Å². The maximum Gasteiger partial charge on any atom is 0.291 e. The van der Waals surface area contributed by atoms with Crippen molar-refractivity contribution in [1.82, 2.24) is 14.6 Å². The lowest BCUT2D eigenvalue weighted by Gasteiger charge is -2.16. The third-order valence-electron chi connectivity index (χ3n) is 5.35. The van der Waals surface area contributed by atoms with Gasteiger partial charge in [-0.2, -0.15) is 9.50 Å². The minimum absolute atomic E-state index is 0.120. The lowest BCUT2D eigenvalue weighted by atomic mass is 10.1. The number of carbonyl (C=O) groups is 1. The van der Waals surface area contributed by atoms with Gasteiger partial charge >= 0.3 is 0 Å². The summed E-state index contributed by atoms with van der Waals surface area (Å²) in [5.41, 5.74) is 3.84. The molecule has 1 amide bonds.